The number of aromatic amines is 1. The van der Waals surface area contributed by atoms with Crippen molar-refractivity contribution in [3.8, 4) is 0 Å². The summed E-state index contributed by atoms with van der Waals surface area (Å²) in [6.45, 7) is 5.16. The number of hydrogen-bond donors (Lipinski definition) is 1. The highest BCUT2D eigenvalue weighted by Gasteiger charge is 2.36. The van der Waals surface area contributed by atoms with E-state index in [4.69, 9.17) is 0 Å². The van der Waals surface area contributed by atoms with Crippen LogP contribution in [0.25, 0.3) is 10.9 Å². The lowest BCUT2D eigenvalue weighted by molar-refractivity contribution is 0.0654. The van der Waals surface area contributed by atoms with Crippen LogP contribution in [0.15, 0.2) is 30.5 Å². The van der Waals surface area contributed by atoms with E-state index in [1.54, 1.807) is 0 Å². The Balaban J connectivity index is 2.05. The second-order valence-electron chi connectivity index (χ2n) is 5.62. The third-order valence-corrected chi connectivity index (χ3v) is 3.97. The van der Waals surface area contributed by atoms with Gasteiger partial charge in [-0.2, -0.15) is 0 Å². The smallest absolute Gasteiger partial charge is 0.254 e. The van der Waals surface area contributed by atoms with Gasteiger partial charge in [0.1, 0.15) is 0 Å². The molecule has 18 heavy (non-hydrogen) atoms. The molecular weight excluding hydrogens is 224 g/mol. The molecule has 0 aliphatic carbocycles. The maximum Gasteiger partial charge on any atom is 0.254 e. The van der Waals surface area contributed by atoms with Gasteiger partial charge in [0.05, 0.1) is 0 Å². The lowest BCUT2D eigenvalue weighted by Crippen LogP contribution is -2.42. The van der Waals surface area contributed by atoms with Crippen molar-refractivity contribution in [3.05, 3.63) is 36.0 Å². The summed E-state index contributed by atoms with van der Waals surface area (Å²) in [6, 6.07) is 7.84. The lowest BCUT2D eigenvalue weighted by Gasteiger charge is -2.31. The number of carbonyl (C=O) groups is 1. The van der Waals surface area contributed by atoms with Gasteiger partial charge in [0, 0.05) is 34.7 Å². The molecular formula is C15H18N2O. The largest absolute Gasteiger partial charge is 0.361 e. The zero-order chi connectivity index (χ0) is 12.8. The fourth-order valence-corrected chi connectivity index (χ4v) is 2.90. The molecule has 1 aromatic heterocycles. The van der Waals surface area contributed by atoms with Crippen molar-refractivity contribution in [2.24, 2.45) is 0 Å². The predicted octanol–water partition coefficient (Wildman–Crippen LogP) is 3.18. The van der Waals surface area contributed by atoms with Crippen molar-refractivity contribution in [1.82, 2.24) is 9.88 Å². The van der Waals surface area contributed by atoms with Gasteiger partial charge >= 0.3 is 0 Å². The number of aromatic nitrogens is 1. The average Bonchev–Trinajstić information content (AvgIpc) is 2.93. The standard InChI is InChI=1S/C15H18N2O/c1-15(2)8-4-10-17(15)14(18)12-5-3-6-13-11(12)7-9-16-13/h3,5-7,9,16H,4,8,10H2,1-2H3. The lowest BCUT2D eigenvalue weighted by atomic mass is 10.0. The van der Waals surface area contributed by atoms with Gasteiger partial charge < -0.3 is 9.88 Å². The van der Waals surface area contributed by atoms with Gasteiger partial charge in [0.15, 0.2) is 0 Å². The molecule has 0 atom stereocenters. The van der Waals surface area contributed by atoms with Crippen LogP contribution in [0.4, 0.5) is 0 Å². The summed E-state index contributed by atoms with van der Waals surface area (Å²) in [5.41, 5.74) is 1.82. The minimum Gasteiger partial charge on any atom is -0.361 e. The first-order chi connectivity index (χ1) is 8.59. The molecule has 1 aliphatic rings. The molecule has 0 radical (unpaired) electrons. The van der Waals surface area contributed by atoms with Crippen molar-refractivity contribution in [2.75, 3.05) is 6.54 Å². The number of likely N-dealkylation sites (tertiary alicyclic amines) is 1. The molecule has 0 saturated carbocycles. The number of carbonyl (C=O) groups excluding carboxylic acids is 1. The van der Waals surface area contributed by atoms with E-state index in [1.807, 2.05) is 35.4 Å². The van der Waals surface area contributed by atoms with Gasteiger partial charge in [-0.1, -0.05) is 6.07 Å². The summed E-state index contributed by atoms with van der Waals surface area (Å²) in [7, 11) is 0. The van der Waals surface area contributed by atoms with Gasteiger partial charge in [0.25, 0.3) is 5.91 Å². The van der Waals surface area contributed by atoms with Crippen LogP contribution in [0.2, 0.25) is 0 Å². The van der Waals surface area contributed by atoms with Crippen LogP contribution in [0, 0.1) is 0 Å². The first-order valence-electron chi connectivity index (χ1n) is 6.48. The Labute approximate surface area is 107 Å². The maximum absolute atomic E-state index is 12.7. The Bertz CT molecular complexity index is 597. The molecule has 94 valence electrons. The Kier molecular flexibility index (Phi) is 2.44. The van der Waals surface area contributed by atoms with Crippen LogP contribution < -0.4 is 0 Å². The van der Waals surface area contributed by atoms with Crippen LogP contribution in [-0.4, -0.2) is 27.9 Å². The molecule has 3 nitrogen and oxygen atoms in total. The van der Waals surface area contributed by atoms with Crippen molar-refractivity contribution in [3.63, 3.8) is 0 Å². The zero-order valence-corrected chi connectivity index (χ0v) is 10.9. The molecule has 0 unspecified atom stereocenters. The molecule has 3 heteroatoms. The van der Waals surface area contributed by atoms with Gasteiger partial charge in [-0.25, -0.2) is 0 Å². The molecule has 2 heterocycles. The summed E-state index contributed by atoms with van der Waals surface area (Å²) in [4.78, 5) is 17.9. The molecule has 0 spiro atoms. The SMILES string of the molecule is CC1(C)CCCN1C(=O)c1cccc2[nH]ccc12. The van der Waals surface area contributed by atoms with Gasteiger partial charge in [0.2, 0.25) is 0 Å². The summed E-state index contributed by atoms with van der Waals surface area (Å²) in [6.07, 6.45) is 4.07. The molecule has 2 aromatic rings. The van der Waals surface area contributed by atoms with E-state index in [9.17, 15) is 4.79 Å². The molecule has 1 N–H and O–H groups in total. The van der Waals surface area contributed by atoms with E-state index in [1.165, 1.54) is 0 Å². The van der Waals surface area contributed by atoms with Crippen molar-refractivity contribution < 1.29 is 4.79 Å². The molecule has 1 aliphatic heterocycles. The number of nitrogens with one attached hydrogen (secondary N) is 1. The number of hydrogen-bond acceptors (Lipinski definition) is 1. The monoisotopic (exact) mass is 242 g/mol. The van der Waals surface area contributed by atoms with E-state index in [-0.39, 0.29) is 11.4 Å². The predicted molar refractivity (Wildman–Crippen MR) is 72.6 cm³/mol. The molecule has 1 fully saturated rings. The molecule has 3 rings (SSSR count). The summed E-state index contributed by atoms with van der Waals surface area (Å²) in [5.74, 6) is 0.155. The number of amides is 1. The van der Waals surface area contributed by atoms with Crippen molar-refractivity contribution in [2.45, 2.75) is 32.2 Å². The van der Waals surface area contributed by atoms with Crippen LogP contribution in [0.3, 0.4) is 0 Å². The summed E-state index contributed by atoms with van der Waals surface area (Å²) >= 11 is 0. The zero-order valence-electron chi connectivity index (χ0n) is 10.9. The summed E-state index contributed by atoms with van der Waals surface area (Å²) < 4.78 is 0. The number of rotatable bonds is 1. The minimum atomic E-state index is -0.0183. The molecule has 0 bridgehead atoms. The van der Waals surface area contributed by atoms with Crippen LogP contribution in [0.1, 0.15) is 37.0 Å². The van der Waals surface area contributed by atoms with E-state index in [0.717, 1.165) is 35.9 Å². The van der Waals surface area contributed by atoms with E-state index >= 15 is 0 Å². The van der Waals surface area contributed by atoms with Crippen LogP contribution >= 0.6 is 0 Å². The van der Waals surface area contributed by atoms with Crippen LogP contribution in [-0.2, 0) is 0 Å². The second-order valence-corrected chi connectivity index (χ2v) is 5.62. The van der Waals surface area contributed by atoms with Gasteiger partial charge in [-0.15, -0.1) is 0 Å². The maximum atomic E-state index is 12.7. The Morgan fingerprint density at radius 1 is 1.33 bits per heavy atom. The number of fused-ring (bicyclic) bond motifs is 1. The quantitative estimate of drug-likeness (QED) is 0.819. The fourth-order valence-electron chi connectivity index (χ4n) is 2.90. The first kappa shape index (κ1) is 11.3. The molecule has 1 aromatic carbocycles. The van der Waals surface area contributed by atoms with Crippen molar-refractivity contribution >= 4 is 16.8 Å². The Morgan fingerprint density at radius 3 is 2.89 bits per heavy atom. The first-order valence-corrected chi connectivity index (χ1v) is 6.48. The van der Waals surface area contributed by atoms with E-state index in [0.29, 0.717) is 0 Å². The molecule has 1 saturated heterocycles. The summed E-state index contributed by atoms with van der Waals surface area (Å²) in [5, 5.41) is 1.02. The van der Waals surface area contributed by atoms with E-state index in [2.05, 4.69) is 18.8 Å². The van der Waals surface area contributed by atoms with Gasteiger partial charge in [-0.3, -0.25) is 4.79 Å². The highest BCUT2D eigenvalue weighted by atomic mass is 16.2. The third-order valence-electron chi connectivity index (χ3n) is 3.97. The number of benzene rings is 1. The number of nitrogens with zero attached hydrogens (tertiary/aromatic N) is 1. The topological polar surface area (TPSA) is 36.1 Å². The highest BCUT2D eigenvalue weighted by molar-refractivity contribution is 6.06. The van der Waals surface area contributed by atoms with E-state index < -0.39 is 0 Å². The third kappa shape index (κ3) is 1.62. The average molecular weight is 242 g/mol. The second kappa shape index (κ2) is 3.87. The molecule has 1 amide bonds. The fraction of sp³-hybridized carbons (Fsp3) is 0.400. The Morgan fingerprint density at radius 2 is 2.17 bits per heavy atom. The number of H-pyrrole nitrogens is 1. The van der Waals surface area contributed by atoms with Crippen molar-refractivity contribution in [1.29, 1.82) is 0 Å². The normalized spacial score (nSPS) is 18.4. The Hall–Kier alpha value is -1.77. The van der Waals surface area contributed by atoms with Gasteiger partial charge in [-0.05, 0) is 44.9 Å². The minimum absolute atomic E-state index is 0.0183. The van der Waals surface area contributed by atoms with Crippen LogP contribution in [0.5, 0.6) is 0 Å². The highest BCUT2D eigenvalue weighted by Crippen LogP contribution is 2.31.